The molecule has 0 saturated heterocycles. The Labute approximate surface area is 114 Å². The summed E-state index contributed by atoms with van der Waals surface area (Å²) in [6.07, 6.45) is -3.38. The average Bonchev–Trinajstić information content (AvgIpc) is 2.33. The number of carbonyl (C=O) groups excluding carboxylic acids is 1. The smallest absolute Gasteiger partial charge is 0.352 e. The van der Waals surface area contributed by atoms with Crippen molar-refractivity contribution in [3.63, 3.8) is 0 Å². The lowest BCUT2D eigenvalue weighted by Gasteiger charge is -2.10. The molecule has 1 rings (SSSR count). The van der Waals surface area contributed by atoms with Crippen LogP contribution in [0, 0.1) is 5.82 Å². The minimum Gasteiger partial charge on any atom is -0.352 e. The van der Waals surface area contributed by atoms with Crippen LogP contribution in [0.2, 0.25) is 0 Å². The van der Waals surface area contributed by atoms with Gasteiger partial charge in [-0.05, 0) is 38.0 Å². The predicted molar refractivity (Wildman–Crippen MR) is 66.6 cm³/mol. The van der Waals surface area contributed by atoms with Gasteiger partial charge in [-0.2, -0.15) is 13.2 Å². The highest BCUT2D eigenvalue weighted by Gasteiger charge is 2.31. The van der Waals surface area contributed by atoms with Gasteiger partial charge in [-0.25, -0.2) is 4.39 Å². The standard InChI is InChI=1S/C13H16F4N2O/c1-8(18)3-2-6-19-12(20)10-7-9(13(15,16)17)4-5-11(10)14/h4-5,7-8H,2-3,6,18H2,1H3,(H,19,20). The second-order valence-corrected chi connectivity index (χ2v) is 4.57. The second-order valence-electron chi connectivity index (χ2n) is 4.57. The molecule has 1 aromatic rings. The molecule has 0 radical (unpaired) electrons. The molecule has 3 nitrogen and oxygen atoms in total. The lowest BCUT2D eigenvalue weighted by atomic mass is 10.1. The van der Waals surface area contributed by atoms with Gasteiger partial charge in [0.15, 0.2) is 0 Å². The number of halogens is 4. The highest BCUT2D eigenvalue weighted by Crippen LogP contribution is 2.30. The predicted octanol–water partition coefficient (Wildman–Crippen LogP) is 2.70. The molecule has 0 bridgehead atoms. The third-order valence-electron chi connectivity index (χ3n) is 2.66. The van der Waals surface area contributed by atoms with Crippen LogP contribution in [0.5, 0.6) is 0 Å². The van der Waals surface area contributed by atoms with Gasteiger partial charge < -0.3 is 11.1 Å². The van der Waals surface area contributed by atoms with Crippen molar-refractivity contribution in [2.24, 2.45) is 5.73 Å². The van der Waals surface area contributed by atoms with E-state index in [-0.39, 0.29) is 12.6 Å². The Kier molecular flexibility index (Phi) is 5.50. The van der Waals surface area contributed by atoms with Gasteiger partial charge in [-0.3, -0.25) is 4.79 Å². The summed E-state index contributed by atoms with van der Waals surface area (Å²) in [6.45, 7) is 2.03. The molecule has 20 heavy (non-hydrogen) atoms. The number of nitrogens with one attached hydrogen (secondary N) is 1. The van der Waals surface area contributed by atoms with Crippen molar-refractivity contribution in [1.82, 2.24) is 5.32 Å². The van der Waals surface area contributed by atoms with E-state index in [0.29, 0.717) is 31.0 Å². The zero-order valence-corrected chi connectivity index (χ0v) is 10.9. The van der Waals surface area contributed by atoms with E-state index in [1.807, 2.05) is 0 Å². The quantitative estimate of drug-likeness (QED) is 0.647. The van der Waals surface area contributed by atoms with E-state index >= 15 is 0 Å². The van der Waals surface area contributed by atoms with E-state index < -0.39 is 29.0 Å². The maximum atomic E-state index is 13.4. The maximum absolute atomic E-state index is 13.4. The fraction of sp³-hybridized carbons (Fsp3) is 0.462. The molecule has 0 heterocycles. The molecule has 1 unspecified atom stereocenters. The molecular weight excluding hydrogens is 276 g/mol. The number of amides is 1. The number of benzene rings is 1. The molecule has 0 aliphatic heterocycles. The summed E-state index contributed by atoms with van der Waals surface area (Å²) < 4.78 is 50.9. The Morgan fingerprint density at radius 3 is 2.60 bits per heavy atom. The van der Waals surface area contributed by atoms with Gasteiger partial charge in [-0.15, -0.1) is 0 Å². The molecular formula is C13H16F4N2O. The van der Waals surface area contributed by atoms with Crippen LogP contribution in [0.15, 0.2) is 18.2 Å². The number of alkyl halides is 3. The normalized spacial score (nSPS) is 13.1. The minimum atomic E-state index is -4.61. The minimum absolute atomic E-state index is 0.0304. The summed E-state index contributed by atoms with van der Waals surface area (Å²) >= 11 is 0. The Morgan fingerprint density at radius 2 is 2.05 bits per heavy atom. The summed E-state index contributed by atoms with van der Waals surface area (Å²) in [7, 11) is 0. The van der Waals surface area contributed by atoms with E-state index in [2.05, 4.69) is 5.32 Å². The zero-order valence-electron chi connectivity index (χ0n) is 10.9. The Balaban J connectivity index is 2.72. The summed E-state index contributed by atoms with van der Waals surface area (Å²) in [4.78, 5) is 11.6. The summed E-state index contributed by atoms with van der Waals surface area (Å²) in [5, 5.41) is 2.37. The highest BCUT2D eigenvalue weighted by atomic mass is 19.4. The zero-order chi connectivity index (χ0) is 15.3. The number of hydrogen-bond donors (Lipinski definition) is 2. The van der Waals surface area contributed by atoms with Crippen molar-refractivity contribution in [3.8, 4) is 0 Å². The first-order valence-electron chi connectivity index (χ1n) is 6.12. The number of carbonyl (C=O) groups is 1. The molecule has 1 amide bonds. The fourth-order valence-electron chi connectivity index (χ4n) is 1.60. The Hall–Kier alpha value is -1.63. The van der Waals surface area contributed by atoms with Gasteiger partial charge in [0.1, 0.15) is 5.82 Å². The largest absolute Gasteiger partial charge is 0.416 e. The third-order valence-corrected chi connectivity index (χ3v) is 2.66. The van der Waals surface area contributed by atoms with Gasteiger partial charge in [-0.1, -0.05) is 0 Å². The van der Waals surface area contributed by atoms with Crippen molar-refractivity contribution in [2.45, 2.75) is 32.0 Å². The third kappa shape index (κ3) is 4.80. The van der Waals surface area contributed by atoms with Crippen LogP contribution in [0.25, 0.3) is 0 Å². The van der Waals surface area contributed by atoms with E-state index in [0.717, 1.165) is 0 Å². The van der Waals surface area contributed by atoms with E-state index in [1.54, 1.807) is 6.92 Å². The molecule has 7 heteroatoms. The van der Waals surface area contributed by atoms with Crippen LogP contribution in [0.1, 0.15) is 35.7 Å². The molecule has 0 saturated carbocycles. The topological polar surface area (TPSA) is 55.1 Å². The first-order chi connectivity index (χ1) is 9.21. The molecule has 1 atom stereocenters. The molecule has 0 aliphatic rings. The second kappa shape index (κ2) is 6.69. The number of hydrogen-bond acceptors (Lipinski definition) is 2. The van der Waals surface area contributed by atoms with Crippen molar-refractivity contribution in [2.75, 3.05) is 6.54 Å². The lowest BCUT2D eigenvalue weighted by molar-refractivity contribution is -0.137. The summed E-state index contributed by atoms with van der Waals surface area (Å²) in [5.74, 6) is -1.85. The van der Waals surface area contributed by atoms with Crippen LogP contribution in [0.3, 0.4) is 0 Å². The van der Waals surface area contributed by atoms with Crippen LogP contribution in [0.4, 0.5) is 17.6 Å². The maximum Gasteiger partial charge on any atom is 0.416 e. The Morgan fingerprint density at radius 1 is 1.40 bits per heavy atom. The van der Waals surface area contributed by atoms with Gasteiger partial charge in [0.25, 0.3) is 5.91 Å². The first kappa shape index (κ1) is 16.4. The van der Waals surface area contributed by atoms with E-state index in [1.165, 1.54) is 0 Å². The van der Waals surface area contributed by atoms with Crippen molar-refractivity contribution in [3.05, 3.63) is 35.1 Å². The molecule has 0 aliphatic carbocycles. The number of rotatable bonds is 5. The fourth-order valence-corrected chi connectivity index (χ4v) is 1.60. The summed E-state index contributed by atoms with van der Waals surface area (Å²) in [6, 6.07) is 1.72. The van der Waals surface area contributed by atoms with Crippen LogP contribution in [-0.2, 0) is 6.18 Å². The number of nitrogens with two attached hydrogens (primary N) is 1. The van der Waals surface area contributed by atoms with Gasteiger partial charge in [0.2, 0.25) is 0 Å². The monoisotopic (exact) mass is 292 g/mol. The molecule has 0 aromatic heterocycles. The van der Waals surface area contributed by atoms with E-state index in [4.69, 9.17) is 5.73 Å². The van der Waals surface area contributed by atoms with Crippen LogP contribution in [-0.4, -0.2) is 18.5 Å². The van der Waals surface area contributed by atoms with Gasteiger partial charge in [0, 0.05) is 12.6 Å². The van der Waals surface area contributed by atoms with Crippen LogP contribution < -0.4 is 11.1 Å². The molecule has 1 aromatic carbocycles. The molecule has 3 N–H and O–H groups in total. The molecule has 112 valence electrons. The molecule has 0 spiro atoms. The SMILES string of the molecule is CC(N)CCCNC(=O)c1cc(C(F)(F)F)ccc1F. The lowest BCUT2D eigenvalue weighted by Crippen LogP contribution is -2.27. The van der Waals surface area contributed by atoms with Crippen molar-refractivity contribution in [1.29, 1.82) is 0 Å². The van der Waals surface area contributed by atoms with E-state index in [9.17, 15) is 22.4 Å². The molecule has 0 fully saturated rings. The average molecular weight is 292 g/mol. The van der Waals surface area contributed by atoms with Crippen molar-refractivity contribution < 1.29 is 22.4 Å². The Bertz CT molecular complexity index is 472. The van der Waals surface area contributed by atoms with Crippen molar-refractivity contribution >= 4 is 5.91 Å². The first-order valence-corrected chi connectivity index (χ1v) is 6.12. The van der Waals surface area contributed by atoms with Crippen LogP contribution >= 0.6 is 0 Å². The summed E-state index contributed by atoms with van der Waals surface area (Å²) in [5.41, 5.74) is 3.85. The van der Waals surface area contributed by atoms with Gasteiger partial charge in [0.05, 0.1) is 11.1 Å². The van der Waals surface area contributed by atoms with Gasteiger partial charge >= 0.3 is 6.18 Å². The highest BCUT2D eigenvalue weighted by molar-refractivity contribution is 5.94.